The van der Waals surface area contributed by atoms with Gasteiger partial charge in [0.2, 0.25) is 0 Å². The summed E-state index contributed by atoms with van der Waals surface area (Å²) >= 11 is 0. The highest BCUT2D eigenvalue weighted by atomic mass is 32.2. The number of fused-ring (bicyclic) bond motifs is 5. The normalized spacial score (nSPS) is 40.3. The van der Waals surface area contributed by atoms with Crippen LogP contribution in [0, 0.1) is 40.4 Å². The average molecular weight is 571 g/mol. The highest BCUT2D eigenvalue weighted by Gasteiger charge is 2.60. The van der Waals surface area contributed by atoms with Crippen molar-refractivity contribution in [3.05, 3.63) is 30.3 Å². The fraction of sp³-hybridized carbons (Fsp3) is 0.806. The zero-order valence-corrected chi connectivity index (χ0v) is 24.1. The van der Waals surface area contributed by atoms with Gasteiger partial charge in [0.1, 0.15) is 0 Å². The number of alkyl halides is 3. The van der Waals surface area contributed by atoms with Gasteiger partial charge in [0.05, 0.1) is 16.2 Å². The second kappa shape index (κ2) is 10.6. The van der Waals surface area contributed by atoms with Crippen molar-refractivity contribution in [2.24, 2.45) is 40.4 Å². The summed E-state index contributed by atoms with van der Waals surface area (Å²) in [6.07, 6.45) is 1.77. The van der Waals surface area contributed by atoms with Gasteiger partial charge in [-0.25, -0.2) is 8.42 Å². The van der Waals surface area contributed by atoms with Gasteiger partial charge in [-0.3, -0.25) is 0 Å². The molecule has 0 radical (unpaired) electrons. The standard InChI is InChI=1S/C31H45F3O4S/c1-29-17-15-27-25(12-9-21-18-22(35)14-16-30(21,27)2)26(29)13-10-20(29)8-11-24(19-28(36)31(32,33)34)39(37,38)23-6-4-3-5-7-23/h3-7,20-22,24-28,35-36H,8-19H2,1-2H3. The number of aliphatic hydroxyl groups is 2. The van der Waals surface area contributed by atoms with Crippen LogP contribution in [0.4, 0.5) is 13.2 Å². The van der Waals surface area contributed by atoms with Crippen molar-refractivity contribution in [2.45, 2.75) is 119 Å². The van der Waals surface area contributed by atoms with Crippen molar-refractivity contribution in [1.82, 2.24) is 0 Å². The lowest BCUT2D eigenvalue weighted by Crippen LogP contribution is -2.53. The molecule has 2 N–H and O–H groups in total. The molecule has 4 aliphatic carbocycles. The van der Waals surface area contributed by atoms with E-state index in [1.807, 2.05) is 0 Å². The monoisotopic (exact) mass is 570 g/mol. The van der Waals surface area contributed by atoms with Crippen LogP contribution in [0.5, 0.6) is 0 Å². The number of hydrogen-bond acceptors (Lipinski definition) is 4. The van der Waals surface area contributed by atoms with E-state index in [-0.39, 0.29) is 34.2 Å². The topological polar surface area (TPSA) is 74.6 Å². The molecule has 220 valence electrons. The fourth-order valence-corrected chi connectivity index (χ4v) is 11.6. The van der Waals surface area contributed by atoms with Crippen molar-refractivity contribution in [1.29, 1.82) is 0 Å². The number of aliphatic hydroxyl groups excluding tert-OH is 2. The quantitative estimate of drug-likeness (QED) is 0.372. The number of rotatable bonds is 7. The van der Waals surface area contributed by atoms with E-state index in [1.165, 1.54) is 25.0 Å². The lowest BCUT2D eigenvalue weighted by atomic mass is 9.44. The molecule has 5 rings (SSSR count). The Morgan fingerprint density at radius 1 is 0.949 bits per heavy atom. The van der Waals surface area contributed by atoms with E-state index in [2.05, 4.69) is 13.8 Å². The molecule has 4 fully saturated rings. The molecule has 39 heavy (non-hydrogen) atoms. The van der Waals surface area contributed by atoms with Crippen LogP contribution in [0.3, 0.4) is 0 Å². The van der Waals surface area contributed by atoms with Gasteiger partial charge >= 0.3 is 6.18 Å². The lowest BCUT2D eigenvalue weighted by molar-refractivity contribution is -0.205. The minimum absolute atomic E-state index is 0.0167. The van der Waals surface area contributed by atoms with Gasteiger partial charge in [-0.15, -0.1) is 0 Å². The van der Waals surface area contributed by atoms with Crippen LogP contribution in [0.1, 0.15) is 90.9 Å². The van der Waals surface area contributed by atoms with Crippen molar-refractivity contribution in [3.63, 3.8) is 0 Å². The minimum atomic E-state index is -4.85. The van der Waals surface area contributed by atoms with Crippen LogP contribution in [0.15, 0.2) is 35.2 Å². The maximum absolute atomic E-state index is 13.4. The van der Waals surface area contributed by atoms with Gasteiger partial charge in [0.15, 0.2) is 15.9 Å². The first-order chi connectivity index (χ1) is 18.3. The van der Waals surface area contributed by atoms with E-state index in [9.17, 15) is 31.8 Å². The molecular formula is C31H45F3O4S. The van der Waals surface area contributed by atoms with E-state index in [4.69, 9.17) is 0 Å². The highest BCUT2D eigenvalue weighted by Crippen LogP contribution is 2.68. The Morgan fingerprint density at radius 3 is 2.31 bits per heavy atom. The summed E-state index contributed by atoms with van der Waals surface area (Å²) in [6, 6.07) is 7.69. The lowest BCUT2D eigenvalue weighted by Gasteiger charge is -2.61. The molecule has 4 nitrogen and oxygen atoms in total. The number of halogens is 3. The van der Waals surface area contributed by atoms with Gasteiger partial charge in [-0.2, -0.15) is 13.2 Å². The van der Waals surface area contributed by atoms with Crippen molar-refractivity contribution >= 4 is 9.84 Å². The molecule has 0 bridgehead atoms. The highest BCUT2D eigenvalue weighted by molar-refractivity contribution is 7.92. The first-order valence-electron chi connectivity index (χ1n) is 15.0. The summed E-state index contributed by atoms with van der Waals surface area (Å²) in [5.74, 6) is 2.73. The molecule has 4 aliphatic rings. The first kappa shape index (κ1) is 29.4. The molecule has 10 unspecified atom stereocenters. The smallest absolute Gasteiger partial charge is 0.393 e. The number of hydrogen-bond donors (Lipinski definition) is 2. The van der Waals surface area contributed by atoms with Gasteiger partial charge in [0.25, 0.3) is 0 Å². The predicted octanol–water partition coefficient (Wildman–Crippen LogP) is 6.94. The van der Waals surface area contributed by atoms with Crippen LogP contribution in [-0.2, 0) is 9.84 Å². The van der Waals surface area contributed by atoms with Crippen LogP contribution in [-0.4, -0.2) is 42.3 Å². The summed E-state index contributed by atoms with van der Waals surface area (Å²) in [4.78, 5) is 0.0167. The van der Waals surface area contributed by atoms with Crippen molar-refractivity contribution in [3.8, 4) is 0 Å². The van der Waals surface area contributed by atoms with Crippen LogP contribution in [0.25, 0.3) is 0 Å². The van der Waals surface area contributed by atoms with Gasteiger partial charge in [-0.1, -0.05) is 32.0 Å². The third-order valence-electron chi connectivity index (χ3n) is 12.0. The molecule has 1 aromatic carbocycles. The Hall–Kier alpha value is -1.12. The average Bonchev–Trinajstić information content (AvgIpc) is 3.22. The Bertz CT molecular complexity index is 1110. The van der Waals surface area contributed by atoms with Crippen LogP contribution < -0.4 is 0 Å². The van der Waals surface area contributed by atoms with E-state index < -0.39 is 33.8 Å². The zero-order valence-electron chi connectivity index (χ0n) is 23.2. The molecular weight excluding hydrogens is 525 g/mol. The molecule has 0 heterocycles. The van der Waals surface area contributed by atoms with E-state index in [1.54, 1.807) is 18.2 Å². The van der Waals surface area contributed by atoms with E-state index in [0.717, 1.165) is 44.9 Å². The Morgan fingerprint density at radius 2 is 1.62 bits per heavy atom. The maximum Gasteiger partial charge on any atom is 0.414 e. The Labute approximate surface area is 231 Å². The molecule has 8 heteroatoms. The molecule has 0 amide bonds. The fourth-order valence-electron chi connectivity index (χ4n) is 9.79. The third-order valence-corrected chi connectivity index (χ3v) is 14.3. The number of sulfone groups is 1. The summed E-state index contributed by atoms with van der Waals surface area (Å²) in [7, 11) is -4.02. The summed E-state index contributed by atoms with van der Waals surface area (Å²) in [6.45, 7) is 4.82. The molecule has 0 aromatic heterocycles. The molecule has 1 aromatic rings. The van der Waals surface area contributed by atoms with E-state index >= 15 is 0 Å². The summed E-state index contributed by atoms with van der Waals surface area (Å²) in [5, 5.41) is 18.9. The predicted molar refractivity (Wildman–Crippen MR) is 145 cm³/mol. The second-order valence-electron chi connectivity index (χ2n) is 13.8. The number of benzene rings is 1. The Kier molecular flexibility index (Phi) is 7.99. The Balaban J connectivity index is 1.32. The second-order valence-corrected chi connectivity index (χ2v) is 16.0. The molecule has 0 spiro atoms. The zero-order chi connectivity index (χ0) is 28.2. The summed E-state index contributed by atoms with van der Waals surface area (Å²) in [5.41, 5.74) is 0.354. The molecule has 10 atom stereocenters. The van der Waals surface area contributed by atoms with Crippen LogP contribution >= 0.6 is 0 Å². The molecule has 0 aliphatic heterocycles. The van der Waals surface area contributed by atoms with Gasteiger partial charge in [0, 0.05) is 0 Å². The molecule has 4 saturated carbocycles. The van der Waals surface area contributed by atoms with Crippen LogP contribution in [0.2, 0.25) is 0 Å². The van der Waals surface area contributed by atoms with Gasteiger partial charge < -0.3 is 10.2 Å². The van der Waals surface area contributed by atoms with Gasteiger partial charge in [-0.05, 0) is 130 Å². The SMILES string of the molecule is CC12CCC3C(CCC4CC(O)CCC43C)C1CCC2CCC(CC(O)C(F)(F)F)S(=O)(=O)c1ccccc1. The van der Waals surface area contributed by atoms with Crippen molar-refractivity contribution in [2.75, 3.05) is 0 Å². The summed E-state index contributed by atoms with van der Waals surface area (Å²) < 4.78 is 66.8. The van der Waals surface area contributed by atoms with Crippen molar-refractivity contribution < 1.29 is 31.8 Å². The third kappa shape index (κ3) is 5.31. The first-order valence-corrected chi connectivity index (χ1v) is 16.5. The maximum atomic E-state index is 13.4. The minimum Gasteiger partial charge on any atom is -0.393 e. The molecule has 0 saturated heterocycles. The largest absolute Gasteiger partial charge is 0.414 e. The van der Waals surface area contributed by atoms with E-state index in [0.29, 0.717) is 30.1 Å².